The third-order valence-electron chi connectivity index (χ3n) is 2.18. The molecule has 0 aromatic rings. The Morgan fingerprint density at radius 2 is 1.88 bits per heavy atom. The molecule has 0 saturated heterocycles. The molecule has 0 radical (unpaired) electrons. The van der Waals surface area contributed by atoms with E-state index in [1.807, 2.05) is 13.8 Å². The van der Waals surface area contributed by atoms with E-state index in [1.165, 1.54) is 6.92 Å². The number of hydrogen-bond donors (Lipinski definition) is 0. The third-order valence-corrected chi connectivity index (χ3v) is 2.18. The molecule has 0 rings (SSSR count). The van der Waals surface area contributed by atoms with Crippen molar-refractivity contribution in [3.05, 3.63) is 0 Å². The fourth-order valence-corrected chi connectivity index (χ4v) is 1.32. The molecule has 0 N–H and O–H groups in total. The summed E-state index contributed by atoms with van der Waals surface area (Å²) in [5.74, 6) is -0.219. The van der Waals surface area contributed by atoms with Gasteiger partial charge < -0.3 is 9.64 Å². The first kappa shape index (κ1) is 14.9. The van der Waals surface area contributed by atoms with Crippen molar-refractivity contribution < 1.29 is 14.3 Å². The molecule has 4 heteroatoms. The highest BCUT2D eigenvalue weighted by Crippen LogP contribution is 2.00. The molecule has 0 aromatic heterocycles. The predicted octanol–water partition coefficient (Wildman–Crippen LogP) is 1.98. The van der Waals surface area contributed by atoms with Gasteiger partial charge in [0.2, 0.25) is 5.91 Å². The van der Waals surface area contributed by atoms with Crippen LogP contribution in [0.5, 0.6) is 0 Å². The summed E-state index contributed by atoms with van der Waals surface area (Å²) in [6, 6.07) is 0. The van der Waals surface area contributed by atoms with E-state index in [1.54, 1.807) is 4.90 Å². The molecule has 0 unspecified atom stereocenters. The molecular weight excluding hydrogens is 206 g/mol. The van der Waals surface area contributed by atoms with Gasteiger partial charge in [-0.1, -0.05) is 13.3 Å². The highest BCUT2D eigenvalue weighted by molar-refractivity contribution is 5.75. The van der Waals surface area contributed by atoms with Crippen molar-refractivity contribution in [2.24, 2.45) is 0 Å². The number of nitrogens with zero attached hydrogens (tertiary/aromatic N) is 1. The van der Waals surface area contributed by atoms with Crippen LogP contribution in [0.4, 0.5) is 0 Å². The lowest BCUT2D eigenvalue weighted by molar-refractivity contribution is -0.148. The second-order valence-electron chi connectivity index (χ2n) is 4.15. The van der Waals surface area contributed by atoms with E-state index in [2.05, 4.69) is 6.92 Å². The number of carbonyl (C=O) groups is 2. The molecule has 0 heterocycles. The van der Waals surface area contributed by atoms with Gasteiger partial charge in [0.15, 0.2) is 0 Å². The topological polar surface area (TPSA) is 46.6 Å². The summed E-state index contributed by atoms with van der Waals surface area (Å²) in [4.78, 5) is 24.3. The van der Waals surface area contributed by atoms with Gasteiger partial charge >= 0.3 is 5.97 Å². The van der Waals surface area contributed by atoms with Crippen molar-refractivity contribution in [2.75, 3.05) is 13.1 Å². The standard InChI is InChI=1S/C12H23NO3/c1-5-6-8-13(11(4)14)9-7-12(15)16-10(2)3/h10H,5-9H2,1-4H3. The Morgan fingerprint density at radius 1 is 1.25 bits per heavy atom. The molecule has 0 fully saturated rings. The normalized spacial score (nSPS) is 10.3. The monoisotopic (exact) mass is 229 g/mol. The van der Waals surface area contributed by atoms with Gasteiger partial charge in [0.1, 0.15) is 0 Å². The van der Waals surface area contributed by atoms with Crippen LogP contribution in [0.3, 0.4) is 0 Å². The summed E-state index contributed by atoms with van der Waals surface area (Å²) in [5, 5.41) is 0. The quantitative estimate of drug-likeness (QED) is 0.627. The molecule has 0 aliphatic heterocycles. The average Bonchev–Trinajstić information content (AvgIpc) is 2.16. The van der Waals surface area contributed by atoms with E-state index >= 15 is 0 Å². The van der Waals surface area contributed by atoms with E-state index in [9.17, 15) is 9.59 Å². The SMILES string of the molecule is CCCCN(CCC(=O)OC(C)C)C(C)=O. The Morgan fingerprint density at radius 3 is 2.31 bits per heavy atom. The van der Waals surface area contributed by atoms with Gasteiger partial charge in [-0.15, -0.1) is 0 Å². The van der Waals surface area contributed by atoms with Crippen LogP contribution in [-0.2, 0) is 14.3 Å². The molecular formula is C12H23NO3. The van der Waals surface area contributed by atoms with Crippen LogP contribution in [0.15, 0.2) is 0 Å². The van der Waals surface area contributed by atoms with Crippen LogP contribution < -0.4 is 0 Å². The van der Waals surface area contributed by atoms with Crippen LogP contribution >= 0.6 is 0 Å². The van der Waals surface area contributed by atoms with Crippen molar-refractivity contribution >= 4 is 11.9 Å². The van der Waals surface area contributed by atoms with Crippen molar-refractivity contribution in [3.8, 4) is 0 Å². The zero-order valence-electron chi connectivity index (χ0n) is 10.8. The first-order chi connectivity index (χ1) is 7.47. The Hall–Kier alpha value is -1.06. The summed E-state index contributed by atoms with van der Waals surface area (Å²) in [7, 11) is 0. The first-order valence-electron chi connectivity index (χ1n) is 5.92. The van der Waals surface area contributed by atoms with E-state index in [0.29, 0.717) is 6.54 Å². The van der Waals surface area contributed by atoms with Gasteiger partial charge in [0, 0.05) is 20.0 Å². The largest absolute Gasteiger partial charge is 0.463 e. The minimum atomic E-state index is -0.238. The van der Waals surface area contributed by atoms with Gasteiger partial charge in [-0.3, -0.25) is 9.59 Å². The van der Waals surface area contributed by atoms with Gasteiger partial charge in [-0.25, -0.2) is 0 Å². The number of ether oxygens (including phenoxy) is 1. The highest BCUT2D eigenvalue weighted by Gasteiger charge is 2.11. The van der Waals surface area contributed by atoms with Crippen LogP contribution in [0, 0.1) is 0 Å². The van der Waals surface area contributed by atoms with Crippen molar-refractivity contribution in [1.82, 2.24) is 4.90 Å². The maximum atomic E-state index is 11.3. The van der Waals surface area contributed by atoms with Gasteiger partial charge in [0.05, 0.1) is 12.5 Å². The van der Waals surface area contributed by atoms with E-state index < -0.39 is 0 Å². The molecule has 0 atom stereocenters. The lowest BCUT2D eigenvalue weighted by Crippen LogP contribution is -2.32. The summed E-state index contributed by atoms with van der Waals surface area (Å²) < 4.78 is 5.01. The summed E-state index contributed by atoms with van der Waals surface area (Å²) in [5.41, 5.74) is 0. The number of amides is 1. The molecule has 0 aliphatic rings. The molecule has 0 spiro atoms. The van der Waals surface area contributed by atoms with Gasteiger partial charge in [0.25, 0.3) is 0 Å². The van der Waals surface area contributed by atoms with Crippen molar-refractivity contribution in [1.29, 1.82) is 0 Å². The summed E-state index contributed by atoms with van der Waals surface area (Å²) >= 11 is 0. The Labute approximate surface area is 98.0 Å². The zero-order chi connectivity index (χ0) is 12.6. The lowest BCUT2D eigenvalue weighted by atomic mass is 10.3. The highest BCUT2D eigenvalue weighted by atomic mass is 16.5. The second-order valence-corrected chi connectivity index (χ2v) is 4.15. The van der Waals surface area contributed by atoms with E-state index in [-0.39, 0.29) is 24.4 Å². The second kappa shape index (κ2) is 8.13. The number of esters is 1. The van der Waals surface area contributed by atoms with Crippen molar-refractivity contribution in [2.45, 2.75) is 53.1 Å². The van der Waals surface area contributed by atoms with E-state index in [4.69, 9.17) is 4.74 Å². The fraction of sp³-hybridized carbons (Fsp3) is 0.833. The maximum Gasteiger partial charge on any atom is 0.307 e. The number of hydrogen-bond acceptors (Lipinski definition) is 3. The van der Waals surface area contributed by atoms with Gasteiger partial charge in [-0.05, 0) is 20.3 Å². The molecule has 0 aliphatic carbocycles. The third kappa shape index (κ3) is 7.26. The van der Waals surface area contributed by atoms with Crippen LogP contribution in [0.1, 0.15) is 47.0 Å². The summed E-state index contributed by atoms with van der Waals surface area (Å²) in [6.45, 7) is 8.42. The summed E-state index contributed by atoms with van der Waals surface area (Å²) in [6.07, 6.45) is 2.20. The fourth-order valence-electron chi connectivity index (χ4n) is 1.32. The number of unbranched alkanes of at least 4 members (excludes halogenated alkanes) is 1. The Kier molecular flexibility index (Phi) is 7.60. The lowest BCUT2D eigenvalue weighted by Gasteiger charge is -2.20. The molecule has 94 valence electrons. The molecule has 16 heavy (non-hydrogen) atoms. The zero-order valence-corrected chi connectivity index (χ0v) is 10.8. The van der Waals surface area contributed by atoms with Gasteiger partial charge in [-0.2, -0.15) is 0 Å². The molecule has 1 amide bonds. The average molecular weight is 229 g/mol. The minimum absolute atomic E-state index is 0.0193. The number of rotatable bonds is 7. The maximum absolute atomic E-state index is 11.3. The van der Waals surface area contributed by atoms with Crippen LogP contribution in [0.25, 0.3) is 0 Å². The Bertz CT molecular complexity index is 226. The minimum Gasteiger partial charge on any atom is -0.463 e. The molecule has 0 bridgehead atoms. The number of carbonyl (C=O) groups excluding carboxylic acids is 2. The molecule has 4 nitrogen and oxygen atoms in total. The molecule has 0 saturated carbocycles. The first-order valence-corrected chi connectivity index (χ1v) is 5.92. The van der Waals surface area contributed by atoms with Crippen LogP contribution in [0.2, 0.25) is 0 Å². The Balaban J connectivity index is 3.92. The predicted molar refractivity (Wildman–Crippen MR) is 63.0 cm³/mol. The van der Waals surface area contributed by atoms with Crippen molar-refractivity contribution in [3.63, 3.8) is 0 Å². The smallest absolute Gasteiger partial charge is 0.307 e. The molecule has 0 aromatic carbocycles. The van der Waals surface area contributed by atoms with Crippen LogP contribution in [-0.4, -0.2) is 36.0 Å². The van der Waals surface area contributed by atoms with E-state index in [0.717, 1.165) is 19.4 Å².